The molecule has 1 aliphatic heterocycles. The lowest BCUT2D eigenvalue weighted by Gasteiger charge is -2.18. The lowest BCUT2D eigenvalue weighted by molar-refractivity contribution is -0.123. The normalized spacial score (nSPS) is 11.9. The van der Waals surface area contributed by atoms with E-state index in [-0.39, 0.29) is 5.57 Å². The lowest BCUT2D eigenvalue weighted by Crippen LogP contribution is -2.34. The van der Waals surface area contributed by atoms with Gasteiger partial charge in [0.1, 0.15) is 18.8 Å². The first kappa shape index (κ1) is 21.2. The summed E-state index contributed by atoms with van der Waals surface area (Å²) in [6, 6.07) is 24.4. The highest BCUT2D eigenvalue weighted by molar-refractivity contribution is 6.21. The molecule has 0 bridgehead atoms. The number of amides is 2. The predicted octanol–water partition coefficient (Wildman–Crippen LogP) is 3.47. The number of carbonyl (C=O) groups excluding carboxylic acids is 2. The Morgan fingerprint density at radius 1 is 0.719 bits per heavy atom. The molecule has 0 spiro atoms. The molecule has 0 atom stereocenters. The van der Waals surface area contributed by atoms with Crippen molar-refractivity contribution in [3.05, 3.63) is 101 Å². The van der Waals surface area contributed by atoms with Gasteiger partial charge in [-0.1, -0.05) is 66.7 Å². The third-order valence-electron chi connectivity index (χ3n) is 4.96. The SMILES string of the molecule is O=C(NCc1ccccc1)C(=Cc1ccc2c(c1)OCCO2)C(=O)NCc1ccccc1. The lowest BCUT2D eigenvalue weighted by atomic mass is 10.1. The van der Waals surface area contributed by atoms with Crippen molar-refractivity contribution in [3.63, 3.8) is 0 Å². The van der Waals surface area contributed by atoms with E-state index in [0.717, 1.165) is 11.1 Å². The summed E-state index contributed by atoms with van der Waals surface area (Å²) in [5, 5.41) is 5.67. The quantitative estimate of drug-likeness (QED) is 0.343. The molecule has 32 heavy (non-hydrogen) atoms. The number of rotatable bonds is 7. The molecular formula is C26H24N2O4. The van der Waals surface area contributed by atoms with Crippen molar-refractivity contribution in [3.8, 4) is 11.5 Å². The Hall–Kier alpha value is -4.06. The molecule has 0 radical (unpaired) electrons. The molecule has 6 heteroatoms. The minimum atomic E-state index is -0.450. The summed E-state index contributed by atoms with van der Waals surface area (Å²) in [5.74, 6) is 0.347. The van der Waals surface area contributed by atoms with Crippen LogP contribution in [-0.4, -0.2) is 25.0 Å². The molecule has 2 amide bonds. The number of benzene rings is 3. The molecule has 0 saturated carbocycles. The molecule has 0 aliphatic carbocycles. The van der Waals surface area contributed by atoms with E-state index in [9.17, 15) is 9.59 Å². The van der Waals surface area contributed by atoms with Crippen molar-refractivity contribution in [1.29, 1.82) is 0 Å². The van der Waals surface area contributed by atoms with Gasteiger partial charge in [0.15, 0.2) is 11.5 Å². The van der Waals surface area contributed by atoms with Crippen LogP contribution in [0, 0.1) is 0 Å². The van der Waals surface area contributed by atoms with Gasteiger partial charge in [0, 0.05) is 13.1 Å². The van der Waals surface area contributed by atoms with Crippen molar-refractivity contribution < 1.29 is 19.1 Å². The van der Waals surface area contributed by atoms with Gasteiger partial charge in [-0.25, -0.2) is 0 Å². The van der Waals surface area contributed by atoms with Crippen LogP contribution >= 0.6 is 0 Å². The van der Waals surface area contributed by atoms with E-state index in [2.05, 4.69) is 10.6 Å². The molecule has 1 heterocycles. The van der Waals surface area contributed by atoms with Gasteiger partial charge in [-0.3, -0.25) is 9.59 Å². The highest BCUT2D eigenvalue weighted by Gasteiger charge is 2.19. The molecule has 4 rings (SSSR count). The van der Waals surface area contributed by atoms with Gasteiger partial charge in [0.2, 0.25) is 0 Å². The average Bonchev–Trinajstić information content (AvgIpc) is 2.85. The van der Waals surface area contributed by atoms with Crippen molar-refractivity contribution >= 4 is 17.9 Å². The molecule has 162 valence electrons. The van der Waals surface area contributed by atoms with Gasteiger partial charge in [0.05, 0.1) is 0 Å². The fourth-order valence-electron chi connectivity index (χ4n) is 3.30. The Morgan fingerprint density at radius 3 is 1.81 bits per heavy atom. The summed E-state index contributed by atoms with van der Waals surface area (Å²) in [6.45, 7) is 1.60. The van der Waals surface area contributed by atoms with Gasteiger partial charge in [-0.15, -0.1) is 0 Å². The Kier molecular flexibility index (Phi) is 6.82. The van der Waals surface area contributed by atoms with Gasteiger partial charge < -0.3 is 20.1 Å². The summed E-state index contributed by atoms with van der Waals surface area (Å²) in [5.41, 5.74) is 2.59. The van der Waals surface area contributed by atoms with E-state index < -0.39 is 11.8 Å². The van der Waals surface area contributed by atoms with Crippen molar-refractivity contribution in [2.75, 3.05) is 13.2 Å². The Bertz CT molecular complexity index is 1050. The molecule has 6 nitrogen and oxygen atoms in total. The first-order valence-electron chi connectivity index (χ1n) is 10.4. The van der Waals surface area contributed by atoms with E-state index in [1.807, 2.05) is 60.7 Å². The molecule has 2 N–H and O–H groups in total. The van der Waals surface area contributed by atoms with Crippen LogP contribution in [0.4, 0.5) is 0 Å². The summed E-state index contributed by atoms with van der Waals surface area (Å²) >= 11 is 0. The Morgan fingerprint density at radius 2 is 1.25 bits per heavy atom. The van der Waals surface area contributed by atoms with Crippen LogP contribution in [0.25, 0.3) is 6.08 Å². The fourth-order valence-corrected chi connectivity index (χ4v) is 3.30. The molecule has 0 fully saturated rings. The zero-order valence-electron chi connectivity index (χ0n) is 17.5. The van der Waals surface area contributed by atoms with E-state index in [1.54, 1.807) is 24.3 Å². The van der Waals surface area contributed by atoms with Gasteiger partial charge in [-0.05, 0) is 34.9 Å². The second-order valence-corrected chi connectivity index (χ2v) is 7.30. The molecular weight excluding hydrogens is 404 g/mol. The largest absolute Gasteiger partial charge is 0.486 e. The number of carbonyl (C=O) groups is 2. The third kappa shape index (κ3) is 5.55. The second-order valence-electron chi connectivity index (χ2n) is 7.30. The van der Waals surface area contributed by atoms with Crippen molar-refractivity contribution in [1.82, 2.24) is 10.6 Å². The summed E-state index contributed by atoms with van der Waals surface area (Å²) in [6.07, 6.45) is 1.57. The van der Waals surface area contributed by atoms with Gasteiger partial charge >= 0.3 is 0 Å². The molecule has 0 aromatic heterocycles. The van der Waals surface area contributed by atoms with Crippen molar-refractivity contribution in [2.24, 2.45) is 0 Å². The van der Waals surface area contributed by atoms with Crippen LogP contribution < -0.4 is 20.1 Å². The van der Waals surface area contributed by atoms with E-state index in [0.29, 0.717) is 43.4 Å². The van der Waals surface area contributed by atoms with Crippen LogP contribution in [-0.2, 0) is 22.7 Å². The zero-order chi connectivity index (χ0) is 22.2. The smallest absolute Gasteiger partial charge is 0.257 e. The number of fused-ring (bicyclic) bond motifs is 1. The summed E-state index contributed by atoms with van der Waals surface area (Å²) < 4.78 is 11.2. The van der Waals surface area contributed by atoms with Crippen molar-refractivity contribution in [2.45, 2.75) is 13.1 Å². The number of hydrogen-bond acceptors (Lipinski definition) is 4. The first-order chi connectivity index (χ1) is 15.7. The molecule has 0 saturated heterocycles. The Labute approximate surface area is 186 Å². The van der Waals surface area contributed by atoms with Crippen LogP contribution in [0.1, 0.15) is 16.7 Å². The van der Waals surface area contributed by atoms with E-state index >= 15 is 0 Å². The number of nitrogens with one attached hydrogen (secondary N) is 2. The first-order valence-corrected chi connectivity index (χ1v) is 10.4. The standard InChI is InChI=1S/C26H24N2O4/c29-25(27-17-19-7-3-1-4-8-19)22(26(30)28-18-20-9-5-2-6-10-20)15-21-11-12-23-24(16-21)32-14-13-31-23/h1-12,15-16H,13-14,17-18H2,(H,27,29)(H,28,30). The molecule has 3 aromatic rings. The predicted molar refractivity (Wildman–Crippen MR) is 122 cm³/mol. The molecule has 1 aliphatic rings. The highest BCUT2D eigenvalue weighted by atomic mass is 16.6. The molecule has 3 aromatic carbocycles. The average molecular weight is 428 g/mol. The number of ether oxygens (including phenoxy) is 2. The zero-order valence-corrected chi connectivity index (χ0v) is 17.5. The maximum atomic E-state index is 13.0. The van der Waals surface area contributed by atoms with E-state index in [4.69, 9.17) is 9.47 Å². The minimum Gasteiger partial charge on any atom is -0.486 e. The third-order valence-corrected chi connectivity index (χ3v) is 4.96. The monoisotopic (exact) mass is 428 g/mol. The van der Waals surface area contributed by atoms with Crippen LogP contribution in [0.5, 0.6) is 11.5 Å². The summed E-state index contributed by atoms with van der Waals surface area (Å²) in [4.78, 5) is 25.9. The van der Waals surface area contributed by atoms with Crippen LogP contribution in [0.15, 0.2) is 84.4 Å². The highest BCUT2D eigenvalue weighted by Crippen LogP contribution is 2.31. The van der Waals surface area contributed by atoms with Crippen LogP contribution in [0.2, 0.25) is 0 Å². The van der Waals surface area contributed by atoms with Gasteiger partial charge in [-0.2, -0.15) is 0 Å². The maximum Gasteiger partial charge on any atom is 0.257 e. The van der Waals surface area contributed by atoms with Crippen LogP contribution in [0.3, 0.4) is 0 Å². The maximum absolute atomic E-state index is 13.0. The van der Waals surface area contributed by atoms with Gasteiger partial charge in [0.25, 0.3) is 11.8 Å². The fraction of sp³-hybridized carbons (Fsp3) is 0.154. The molecule has 0 unspecified atom stereocenters. The Balaban J connectivity index is 1.54. The second kappa shape index (κ2) is 10.3. The minimum absolute atomic E-state index is 0.0218. The van der Waals surface area contributed by atoms with E-state index in [1.165, 1.54) is 0 Å². The topological polar surface area (TPSA) is 76.7 Å². The summed E-state index contributed by atoms with van der Waals surface area (Å²) in [7, 11) is 0. The number of hydrogen-bond donors (Lipinski definition) is 2.